The van der Waals surface area contributed by atoms with Crippen molar-refractivity contribution in [2.24, 2.45) is 0 Å². The highest BCUT2D eigenvalue weighted by molar-refractivity contribution is 7.99. The Morgan fingerprint density at radius 1 is 1.21 bits per heavy atom. The number of anilines is 1. The van der Waals surface area contributed by atoms with E-state index in [0.717, 1.165) is 5.56 Å². The first kappa shape index (κ1) is 18.4. The van der Waals surface area contributed by atoms with Gasteiger partial charge in [-0.25, -0.2) is 4.39 Å². The Balaban J connectivity index is 1.83. The third-order valence-corrected chi connectivity index (χ3v) is 3.84. The number of amides is 1. The zero-order chi connectivity index (χ0) is 17.5. The zero-order valence-electron chi connectivity index (χ0n) is 13.0. The predicted molar refractivity (Wildman–Crippen MR) is 89.7 cm³/mol. The van der Waals surface area contributed by atoms with Gasteiger partial charge in [-0.2, -0.15) is 8.78 Å². The minimum Gasteiger partial charge on any atom is -0.325 e. The Morgan fingerprint density at radius 3 is 2.54 bits per heavy atom. The topological polar surface area (TPSA) is 32.3 Å². The predicted octanol–water partition coefficient (Wildman–Crippen LogP) is 4.21. The fourth-order valence-electron chi connectivity index (χ4n) is 2.17. The largest absolute Gasteiger partial charge is 0.325 e. The number of carbonyl (C=O) groups is 1. The van der Waals surface area contributed by atoms with Gasteiger partial charge in [-0.15, -0.1) is 0 Å². The normalized spacial score (nSPS) is 11.1. The van der Waals surface area contributed by atoms with Gasteiger partial charge < -0.3 is 5.32 Å². The summed E-state index contributed by atoms with van der Waals surface area (Å²) in [6, 6.07) is 12.4. The van der Waals surface area contributed by atoms with Crippen LogP contribution in [0.4, 0.5) is 18.9 Å². The molecule has 0 unspecified atom stereocenters. The molecular formula is C17H17F3N2OS. The van der Waals surface area contributed by atoms with E-state index in [1.54, 1.807) is 36.2 Å². The first-order valence-electron chi connectivity index (χ1n) is 7.20. The molecule has 0 fully saturated rings. The van der Waals surface area contributed by atoms with Crippen molar-refractivity contribution >= 4 is 23.4 Å². The molecule has 2 rings (SSSR count). The van der Waals surface area contributed by atoms with Crippen LogP contribution in [0.2, 0.25) is 0 Å². The summed E-state index contributed by atoms with van der Waals surface area (Å²) in [7, 11) is 1.76. The van der Waals surface area contributed by atoms with E-state index in [1.807, 2.05) is 0 Å². The van der Waals surface area contributed by atoms with Gasteiger partial charge in [0.2, 0.25) is 5.91 Å². The number of halogens is 3. The summed E-state index contributed by atoms with van der Waals surface area (Å²) >= 11 is 0.454. The van der Waals surface area contributed by atoms with Crippen LogP contribution in [0.25, 0.3) is 0 Å². The molecular weight excluding hydrogens is 337 g/mol. The molecule has 0 bridgehead atoms. The fourth-order valence-corrected chi connectivity index (χ4v) is 2.67. The smallest absolute Gasteiger partial charge is 0.288 e. The van der Waals surface area contributed by atoms with Crippen LogP contribution < -0.4 is 5.32 Å². The van der Waals surface area contributed by atoms with E-state index in [4.69, 9.17) is 0 Å². The van der Waals surface area contributed by atoms with Crippen molar-refractivity contribution in [1.29, 1.82) is 0 Å². The lowest BCUT2D eigenvalue weighted by atomic mass is 10.2. The van der Waals surface area contributed by atoms with Crippen LogP contribution in [0.1, 0.15) is 5.56 Å². The molecule has 3 nitrogen and oxygen atoms in total. The van der Waals surface area contributed by atoms with E-state index >= 15 is 0 Å². The molecule has 0 aliphatic carbocycles. The molecule has 128 valence electrons. The molecule has 0 aromatic heterocycles. The summed E-state index contributed by atoms with van der Waals surface area (Å²) in [5.41, 5.74) is 1.32. The van der Waals surface area contributed by atoms with E-state index in [-0.39, 0.29) is 18.3 Å². The summed E-state index contributed by atoms with van der Waals surface area (Å²) in [6.07, 6.45) is 0. The van der Waals surface area contributed by atoms with Crippen LogP contribution in [-0.4, -0.2) is 30.2 Å². The van der Waals surface area contributed by atoms with E-state index < -0.39 is 5.76 Å². The van der Waals surface area contributed by atoms with Crippen LogP contribution in [0, 0.1) is 5.82 Å². The van der Waals surface area contributed by atoms with Crippen LogP contribution in [0.3, 0.4) is 0 Å². The second-order valence-corrected chi connectivity index (χ2v) is 6.32. The van der Waals surface area contributed by atoms with Crippen molar-refractivity contribution in [3.63, 3.8) is 0 Å². The first-order valence-corrected chi connectivity index (χ1v) is 8.08. The first-order chi connectivity index (χ1) is 11.4. The van der Waals surface area contributed by atoms with Crippen molar-refractivity contribution in [2.45, 2.75) is 17.2 Å². The lowest BCUT2D eigenvalue weighted by molar-refractivity contribution is -0.117. The number of likely N-dealkylation sites (N-methyl/N-ethyl adjacent to an activating group) is 1. The van der Waals surface area contributed by atoms with Crippen molar-refractivity contribution < 1.29 is 18.0 Å². The monoisotopic (exact) mass is 354 g/mol. The van der Waals surface area contributed by atoms with Gasteiger partial charge in [0.15, 0.2) is 0 Å². The van der Waals surface area contributed by atoms with Crippen molar-refractivity contribution in [3.8, 4) is 0 Å². The van der Waals surface area contributed by atoms with Crippen molar-refractivity contribution in [3.05, 3.63) is 59.9 Å². The SMILES string of the molecule is CN(CC(=O)Nc1ccc(SC(F)F)cc1)Cc1cccc(F)c1. The van der Waals surface area contributed by atoms with Crippen LogP contribution >= 0.6 is 11.8 Å². The van der Waals surface area contributed by atoms with Crippen molar-refractivity contribution in [1.82, 2.24) is 4.90 Å². The molecule has 1 amide bonds. The quantitative estimate of drug-likeness (QED) is 0.756. The summed E-state index contributed by atoms with van der Waals surface area (Å²) in [6.45, 7) is 0.569. The Morgan fingerprint density at radius 2 is 1.92 bits per heavy atom. The van der Waals surface area contributed by atoms with Crippen LogP contribution in [-0.2, 0) is 11.3 Å². The number of alkyl halides is 2. The molecule has 7 heteroatoms. The van der Waals surface area contributed by atoms with E-state index in [2.05, 4.69) is 5.32 Å². The highest BCUT2D eigenvalue weighted by Gasteiger charge is 2.09. The summed E-state index contributed by atoms with van der Waals surface area (Å²) < 4.78 is 37.6. The lowest BCUT2D eigenvalue weighted by Gasteiger charge is -2.16. The van der Waals surface area contributed by atoms with E-state index in [9.17, 15) is 18.0 Å². The molecule has 0 saturated heterocycles. The van der Waals surface area contributed by atoms with Crippen molar-refractivity contribution in [2.75, 3.05) is 18.9 Å². The standard InChI is InChI=1S/C17H17F3N2OS/c1-22(10-12-3-2-4-13(18)9-12)11-16(23)21-14-5-7-15(8-6-14)24-17(19)20/h2-9,17H,10-11H2,1H3,(H,21,23). The Labute approximate surface area is 142 Å². The van der Waals surface area contributed by atoms with Gasteiger partial charge in [0, 0.05) is 17.1 Å². The Hall–Kier alpha value is -1.99. The number of benzene rings is 2. The summed E-state index contributed by atoms with van der Waals surface area (Å²) in [5.74, 6) is -3.02. The number of carbonyl (C=O) groups excluding carboxylic acids is 1. The maximum Gasteiger partial charge on any atom is 0.288 e. The molecule has 0 aliphatic rings. The van der Waals surface area contributed by atoms with Crippen LogP contribution in [0.5, 0.6) is 0 Å². The van der Waals surface area contributed by atoms with Gasteiger partial charge in [0.05, 0.1) is 6.54 Å². The number of nitrogens with one attached hydrogen (secondary N) is 1. The highest BCUT2D eigenvalue weighted by atomic mass is 32.2. The second kappa shape index (κ2) is 8.75. The van der Waals surface area contributed by atoms with Gasteiger partial charge in [-0.05, 0) is 49.0 Å². The highest BCUT2D eigenvalue weighted by Crippen LogP contribution is 2.26. The molecule has 2 aromatic rings. The third-order valence-electron chi connectivity index (χ3n) is 3.12. The Kier molecular flexibility index (Phi) is 6.69. The van der Waals surface area contributed by atoms with Gasteiger partial charge in [0.1, 0.15) is 5.82 Å². The fraction of sp³-hybridized carbons (Fsp3) is 0.235. The van der Waals surface area contributed by atoms with Gasteiger partial charge >= 0.3 is 0 Å². The Bertz CT molecular complexity index is 680. The zero-order valence-corrected chi connectivity index (χ0v) is 13.8. The average molecular weight is 354 g/mol. The summed E-state index contributed by atoms with van der Waals surface area (Å²) in [5, 5.41) is 2.70. The molecule has 0 heterocycles. The maximum absolute atomic E-state index is 13.1. The molecule has 24 heavy (non-hydrogen) atoms. The molecule has 0 atom stereocenters. The maximum atomic E-state index is 13.1. The molecule has 0 radical (unpaired) electrons. The molecule has 0 saturated carbocycles. The minimum absolute atomic E-state index is 0.129. The minimum atomic E-state index is -2.47. The molecule has 0 spiro atoms. The number of hydrogen-bond acceptors (Lipinski definition) is 3. The number of hydrogen-bond donors (Lipinski definition) is 1. The molecule has 2 aromatic carbocycles. The van der Waals surface area contributed by atoms with Crippen LogP contribution in [0.15, 0.2) is 53.4 Å². The number of nitrogens with zero attached hydrogens (tertiary/aromatic N) is 1. The lowest BCUT2D eigenvalue weighted by Crippen LogP contribution is -2.29. The van der Waals surface area contributed by atoms with Gasteiger partial charge in [-0.1, -0.05) is 23.9 Å². The number of rotatable bonds is 7. The summed E-state index contributed by atoms with van der Waals surface area (Å²) in [4.78, 5) is 14.2. The second-order valence-electron chi connectivity index (χ2n) is 5.25. The number of thioether (sulfide) groups is 1. The molecule has 0 aliphatic heterocycles. The van der Waals surface area contributed by atoms with E-state index in [0.29, 0.717) is 28.9 Å². The third kappa shape index (κ3) is 6.25. The average Bonchev–Trinajstić information content (AvgIpc) is 2.48. The van der Waals surface area contributed by atoms with Gasteiger partial charge in [0.25, 0.3) is 5.76 Å². The van der Waals surface area contributed by atoms with Gasteiger partial charge in [-0.3, -0.25) is 9.69 Å². The molecule has 1 N–H and O–H groups in total. The van der Waals surface area contributed by atoms with E-state index in [1.165, 1.54) is 24.3 Å².